The van der Waals surface area contributed by atoms with Crippen LogP contribution in [0.5, 0.6) is 0 Å². The molecule has 0 unspecified atom stereocenters. The number of imide groups is 1. The Balaban J connectivity index is 2.69. The van der Waals surface area contributed by atoms with Gasteiger partial charge in [-0.15, -0.1) is 0 Å². The zero-order chi connectivity index (χ0) is 8.43. The molecule has 0 saturated carbocycles. The van der Waals surface area contributed by atoms with E-state index >= 15 is 0 Å². The van der Waals surface area contributed by atoms with Gasteiger partial charge in [0.05, 0.1) is 6.54 Å². The molecule has 1 saturated heterocycles. The Kier molecular flexibility index (Phi) is 1.89. The SMILES string of the molecule is CN1CC(=O)N(C=O)CC1=O. The maximum absolute atomic E-state index is 10.9. The van der Waals surface area contributed by atoms with Crippen LogP contribution in [0.1, 0.15) is 0 Å². The highest BCUT2D eigenvalue weighted by Crippen LogP contribution is 1.98. The van der Waals surface area contributed by atoms with E-state index in [1.807, 2.05) is 0 Å². The smallest absolute Gasteiger partial charge is 0.249 e. The molecular weight excluding hydrogens is 148 g/mol. The fourth-order valence-corrected chi connectivity index (χ4v) is 0.833. The first-order chi connectivity index (χ1) is 5.15. The van der Waals surface area contributed by atoms with Gasteiger partial charge >= 0.3 is 0 Å². The van der Waals surface area contributed by atoms with Gasteiger partial charge in [0.25, 0.3) is 0 Å². The van der Waals surface area contributed by atoms with Crippen molar-refractivity contribution in [3.63, 3.8) is 0 Å². The highest BCUT2D eigenvalue weighted by atomic mass is 16.2. The molecule has 0 bridgehead atoms. The second-order valence-corrected chi connectivity index (χ2v) is 2.38. The van der Waals surface area contributed by atoms with E-state index in [0.29, 0.717) is 6.41 Å². The molecule has 1 aliphatic rings. The van der Waals surface area contributed by atoms with E-state index in [2.05, 4.69) is 0 Å². The van der Waals surface area contributed by atoms with Gasteiger partial charge in [-0.25, -0.2) is 0 Å². The van der Waals surface area contributed by atoms with Crippen LogP contribution in [-0.4, -0.2) is 48.2 Å². The van der Waals surface area contributed by atoms with Crippen LogP contribution in [0.2, 0.25) is 0 Å². The van der Waals surface area contributed by atoms with Crippen molar-refractivity contribution in [3.8, 4) is 0 Å². The Morgan fingerprint density at radius 2 is 1.91 bits per heavy atom. The molecule has 1 fully saturated rings. The number of carbonyl (C=O) groups excluding carboxylic acids is 3. The lowest BCUT2D eigenvalue weighted by molar-refractivity contribution is -0.152. The van der Waals surface area contributed by atoms with E-state index < -0.39 is 0 Å². The van der Waals surface area contributed by atoms with Crippen LogP contribution in [0.3, 0.4) is 0 Å². The summed E-state index contributed by atoms with van der Waals surface area (Å²) in [5.74, 6) is -0.543. The third kappa shape index (κ3) is 1.36. The van der Waals surface area contributed by atoms with Gasteiger partial charge in [0.2, 0.25) is 18.2 Å². The molecular formula is C6H8N2O3. The summed E-state index contributed by atoms with van der Waals surface area (Å²) in [6, 6.07) is 0. The first-order valence-electron chi connectivity index (χ1n) is 3.14. The predicted molar refractivity (Wildman–Crippen MR) is 35.4 cm³/mol. The minimum Gasteiger partial charge on any atom is -0.335 e. The van der Waals surface area contributed by atoms with Crippen molar-refractivity contribution >= 4 is 18.2 Å². The monoisotopic (exact) mass is 156 g/mol. The molecule has 5 heteroatoms. The van der Waals surface area contributed by atoms with Crippen LogP contribution >= 0.6 is 0 Å². The van der Waals surface area contributed by atoms with Crippen molar-refractivity contribution in [2.75, 3.05) is 20.1 Å². The first kappa shape index (κ1) is 7.71. The average Bonchev–Trinajstić information content (AvgIpc) is 1.97. The van der Waals surface area contributed by atoms with Crippen molar-refractivity contribution in [1.29, 1.82) is 0 Å². The van der Waals surface area contributed by atoms with Crippen LogP contribution in [-0.2, 0) is 14.4 Å². The summed E-state index contributed by atoms with van der Waals surface area (Å²) in [7, 11) is 1.53. The molecule has 1 aliphatic heterocycles. The summed E-state index contributed by atoms with van der Waals surface area (Å²) in [6.07, 6.45) is 0.382. The van der Waals surface area contributed by atoms with E-state index in [9.17, 15) is 14.4 Å². The lowest BCUT2D eigenvalue weighted by Crippen LogP contribution is -2.51. The molecule has 11 heavy (non-hydrogen) atoms. The van der Waals surface area contributed by atoms with Crippen molar-refractivity contribution in [2.24, 2.45) is 0 Å². The van der Waals surface area contributed by atoms with Crippen LogP contribution < -0.4 is 0 Å². The molecule has 0 aliphatic carbocycles. The van der Waals surface area contributed by atoms with E-state index in [4.69, 9.17) is 0 Å². The number of likely N-dealkylation sites (N-methyl/N-ethyl adjacent to an activating group) is 1. The Labute approximate surface area is 63.6 Å². The minimum atomic E-state index is -0.331. The van der Waals surface area contributed by atoms with Crippen molar-refractivity contribution in [1.82, 2.24) is 9.80 Å². The van der Waals surface area contributed by atoms with Gasteiger partial charge in [0.1, 0.15) is 6.54 Å². The Morgan fingerprint density at radius 3 is 2.45 bits per heavy atom. The summed E-state index contributed by atoms with van der Waals surface area (Å²) in [4.78, 5) is 34.1. The van der Waals surface area contributed by atoms with E-state index in [0.717, 1.165) is 4.90 Å². The van der Waals surface area contributed by atoms with Crippen LogP contribution in [0, 0.1) is 0 Å². The van der Waals surface area contributed by atoms with Gasteiger partial charge in [-0.2, -0.15) is 0 Å². The van der Waals surface area contributed by atoms with Gasteiger partial charge in [-0.3, -0.25) is 19.3 Å². The number of hydrogen-bond acceptors (Lipinski definition) is 3. The molecule has 0 aromatic heterocycles. The van der Waals surface area contributed by atoms with Crippen molar-refractivity contribution in [3.05, 3.63) is 0 Å². The number of hydrogen-bond donors (Lipinski definition) is 0. The molecule has 1 heterocycles. The molecule has 0 atom stereocenters. The number of carbonyl (C=O) groups is 3. The van der Waals surface area contributed by atoms with Gasteiger partial charge in [-0.05, 0) is 0 Å². The summed E-state index contributed by atoms with van der Waals surface area (Å²) in [5, 5.41) is 0. The highest BCUT2D eigenvalue weighted by Gasteiger charge is 2.26. The van der Waals surface area contributed by atoms with Gasteiger partial charge < -0.3 is 4.90 Å². The molecule has 1 rings (SSSR count). The molecule has 0 aromatic carbocycles. The normalized spacial score (nSPS) is 19.0. The number of piperazine rings is 1. The third-order valence-corrected chi connectivity index (χ3v) is 1.55. The fourth-order valence-electron chi connectivity index (χ4n) is 0.833. The van der Waals surface area contributed by atoms with Crippen LogP contribution in [0.4, 0.5) is 0 Å². The number of rotatable bonds is 1. The lowest BCUT2D eigenvalue weighted by Gasteiger charge is -2.27. The number of nitrogens with zero attached hydrogens (tertiary/aromatic N) is 2. The predicted octanol–water partition coefficient (Wildman–Crippen LogP) is -1.56. The maximum atomic E-state index is 10.9. The molecule has 3 amide bonds. The topological polar surface area (TPSA) is 57.7 Å². The molecule has 0 radical (unpaired) electrons. The van der Waals surface area contributed by atoms with E-state index in [1.54, 1.807) is 0 Å². The van der Waals surface area contributed by atoms with Crippen LogP contribution in [0.15, 0.2) is 0 Å². The second kappa shape index (κ2) is 2.69. The van der Waals surface area contributed by atoms with E-state index in [-0.39, 0.29) is 24.9 Å². The molecule has 0 aromatic rings. The summed E-state index contributed by atoms with van der Waals surface area (Å²) in [6.45, 7) is -0.129. The molecule has 5 nitrogen and oxygen atoms in total. The zero-order valence-corrected chi connectivity index (χ0v) is 6.11. The quantitative estimate of drug-likeness (QED) is 0.431. The summed E-state index contributed by atoms with van der Waals surface area (Å²) < 4.78 is 0. The second-order valence-electron chi connectivity index (χ2n) is 2.38. The fraction of sp³-hybridized carbons (Fsp3) is 0.500. The van der Waals surface area contributed by atoms with Gasteiger partial charge in [-0.1, -0.05) is 0 Å². The van der Waals surface area contributed by atoms with Gasteiger partial charge in [0, 0.05) is 7.05 Å². The van der Waals surface area contributed by atoms with Crippen molar-refractivity contribution < 1.29 is 14.4 Å². The lowest BCUT2D eigenvalue weighted by atomic mass is 10.3. The summed E-state index contributed by atoms with van der Waals surface area (Å²) in [5.41, 5.74) is 0. The zero-order valence-electron chi connectivity index (χ0n) is 6.11. The largest absolute Gasteiger partial charge is 0.335 e. The standard InChI is InChI=1S/C6H8N2O3/c1-7-2-6(11)8(4-9)3-5(7)10/h4H,2-3H2,1H3. The Hall–Kier alpha value is -1.39. The van der Waals surface area contributed by atoms with Crippen LogP contribution in [0.25, 0.3) is 0 Å². The minimum absolute atomic E-state index is 0.00241. The molecule has 0 N–H and O–H groups in total. The maximum Gasteiger partial charge on any atom is 0.249 e. The first-order valence-corrected chi connectivity index (χ1v) is 3.14. The Morgan fingerprint density at radius 1 is 1.27 bits per heavy atom. The average molecular weight is 156 g/mol. The highest BCUT2D eigenvalue weighted by molar-refractivity contribution is 5.97. The molecule has 60 valence electrons. The molecule has 0 spiro atoms. The Bertz CT molecular complexity index is 214. The van der Waals surface area contributed by atoms with Gasteiger partial charge in [0.15, 0.2) is 0 Å². The van der Waals surface area contributed by atoms with Crippen molar-refractivity contribution in [2.45, 2.75) is 0 Å². The summed E-state index contributed by atoms with van der Waals surface area (Å²) >= 11 is 0. The number of amides is 3. The van der Waals surface area contributed by atoms with E-state index in [1.165, 1.54) is 11.9 Å². The third-order valence-electron chi connectivity index (χ3n) is 1.55.